The smallest absolute Gasteiger partial charge is 0.389 e. The predicted octanol–water partition coefficient (Wildman–Crippen LogP) is 1.96. The minimum atomic E-state index is -4.49. The van der Waals surface area contributed by atoms with Gasteiger partial charge in [-0.2, -0.15) is 13.2 Å². The lowest BCUT2D eigenvalue weighted by Gasteiger charge is -2.24. The summed E-state index contributed by atoms with van der Waals surface area (Å²) in [5.74, 6) is 0.179. The van der Waals surface area contributed by atoms with E-state index in [1.54, 1.807) is 4.90 Å². The van der Waals surface area contributed by atoms with E-state index in [1.807, 2.05) is 0 Å². The zero-order valence-electron chi connectivity index (χ0n) is 10.6. The molecule has 1 aliphatic heterocycles. The van der Waals surface area contributed by atoms with Crippen LogP contribution in [0.15, 0.2) is 12.1 Å². The molecule has 0 unspecified atom stereocenters. The number of rotatable bonds is 2. The third-order valence-electron chi connectivity index (χ3n) is 2.95. The number of aromatic nitrogens is 1. The summed E-state index contributed by atoms with van der Waals surface area (Å²) in [6, 6.07) is 2.17. The molecule has 0 bridgehead atoms. The van der Waals surface area contributed by atoms with Gasteiger partial charge in [-0.3, -0.25) is 0 Å². The number of nitrogens with zero attached hydrogens (tertiary/aromatic N) is 2. The Morgan fingerprint density at radius 1 is 1.30 bits per heavy atom. The Morgan fingerprint density at radius 2 is 2.05 bits per heavy atom. The Balaban J connectivity index is 2.43. The summed E-state index contributed by atoms with van der Waals surface area (Å²) in [5, 5.41) is 0. The van der Waals surface area contributed by atoms with Crippen molar-refractivity contribution in [2.45, 2.75) is 12.6 Å². The van der Waals surface area contributed by atoms with Gasteiger partial charge in [-0.25, -0.2) is 4.98 Å². The fourth-order valence-electron chi connectivity index (χ4n) is 2.00. The van der Waals surface area contributed by atoms with Crippen LogP contribution in [0.3, 0.4) is 0 Å². The van der Waals surface area contributed by atoms with Gasteiger partial charge in [0.1, 0.15) is 16.5 Å². The average molecular weight is 305 g/mol. The minimum Gasteiger partial charge on any atom is -0.389 e. The van der Waals surface area contributed by atoms with Crippen molar-refractivity contribution in [3.63, 3.8) is 0 Å². The molecular weight excluding hydrogens is 291 g/mol. The first-order valence-corrected chi connectivity index (χ1v) is 6.51. The number of thiocarbonyl (C=S) groups is 1. The van der Waals surface area contributed by atoms with E-state index in [-0.39, 0.29) is 10.8 Å². The lowest BCUT2D eigenvalue weighted by atomic mass is 10.2. The van der Waals surface area contributed by atoms with Gasteiger partial charge in [-0.05, 0) is 18.6 Å². The molecule has 0 aliphatic carbocycles. The second-order valence-electron chi connectivity index (χ2n) is 4.38. The van der Waals surface area contributed by atoms with Gasteiger partial charge in [0.25, 0.3) is 0 Å². The molecule has 4 nitrogen and oxygen atoms in total. The first-order chi connectivity index (χ1) is 9.39. The number of alkyl halides is 3. The van der Waals surface area contributed by atoms with Gasteiger partial charge in [0.05, 0.1) is 12.2 Å². The number of ether oxygens (including phenoxy) is 1. The summed E-state index contributed by atoms with van der Waals surface area (Å²) >= 11 is 4.89. The molecular formula is C12H14F3N3OS. The maximum atomic E-state index is 12.8. The lowest BCUT2D eigenvalue weighted by Crippen LogP contribution is -2.30. The van der Waals surface area contributed by atoms with Crippen molar-refractivity contribution < 1.29 is 17.9 Å². The Bertz CT molecular complexity index is 499. The summed E-state index contributed by atoms with van der Waals surface area (Å²) in [4.78, 5) is 5.47. The fourth-order valence-corrected chi connectivity index (χ4v) is 2.16. The molecule has 0 saturated carbocycles. The highest BCUT2D eigenvalue weighted by Gasteiger charge is 2.34. The highest BCUT2D eigenvalue weighted by Crippen LogP contribution is 2.30. The molecule has 0 aromatic carbocycles. The van der Waals surface area contributed by atoms with Crippen LogP contribution in [0.1, 0.15) is 17.7 Å². The van der Waals surface area contributed by atoms with Crippen molar-refractivity contribution in [2.24, 2.45) is 5.73 Å². The van der Waals surface area contributed by atoms with Crippen LogP contribution in [-0.2, 0) is 10.9 Å². The van der Waals surface area contributed by atoms with Crippen molar-refractivity contribution >= 4 is 23.0 Å². The van der Waals surface area contributed by atoms with Gasteiger partial charge in [-0.15, -0.1) is 0 Å². The van der Waals surface area contributed by atoms with Crippen LogP contribution in [0.25, 0.3) is 0 Å². The van der Waals surface area contributed by atoms with E-state index in [0.717, 1.165) is 6.07 Å². The number of halogens is 3. The van der Waals surface area contributed by atoms with Gasteiger partial charge in [0.15, 0.2) is 0 Å². The Hall–Kier alpha value is -1.41. The van der Waals surface area contributed by atoms with Crippen LogP contribution < -0.4 is 10.6 Å². The molecule has 2 N–H and O–H groups in total. The van der Waals surface area contributed by atoms with Crippen molar-refractivity contribution in [3.05, 3.63) is 23.4 Å². The number of nitrogens with two attached hydrogens (primary N) is 1. The average Bonchev–Trinajstić information content (AvgIpc) is 2.65. The SMILES string of the molecule is NC(=S)c1ccc(C(F)(F)F)nc1N1CCCOCC1. The quantitative estimate of drug-likeness (QED) is 0.847. The molecule has 20 heavy (non-hydrogen) atoms. The molecule has 110 valence electrons. The van der Waals surface area contributed by atoms with Gasteiger partial charge >= 0.3 is 6.18 Å². The molecule has 1 aromatic rings. The summed E-state index contributed by atoms with van der Waals surface area (Å²) in [7, 11) is 0. The third-order valence-corrected chi connectivity index (χ3v) is 3.17. The van der Waals surface area contributed by atoms with Crippen molar-refractivity contribution in [2.75, 3.05) is 31.2 Å². The Labute approximate surface area is 119 Å². The lowest BCUT2D eigenvalue weighted by molar-refractivity contribution is -0.141. The third kappa shape index (κ3) is 3.37. The van der Waals surface area contributed by atoms with Crippen molar-refractivity contribution in [1.82, 2.24) is 4.98 Å². The van der Waals surface area contributed by atoms with E-state index in [1.165, 1.54) is 6.07 Å². The monoisotopic (exact) mass is 305 g/mol. The fraction of sp³-hybridized carbons (Fsp3) is 0.500. The standard InChI is InChI=1S/C12H14F3N3OS/c13-12(14,15)9-3-2-8(10(16)20)11(17-9)18-4-1-6-19-7-5-18/h2-3H,1,4-7H2,(H2,16,20). The van der Waals surface area contributed by atoms with E-state index < -0.39 is 11.9 Å². The normalized spacial score (nSPS) is 16.9. The van der Waals surface area contributed by atoms with Crippen LogP contribution in [0.5, 0.6) is 0 Å². The zero-order valence-corrected chi connectivity index (χ0v) is 11.4. The maximum Gasteiger partial charge on any atom is 0.433 e. The van der Waals surface area contributed by atoms with Crippen molar-refractivity contribution in [1.29, 1.82) is 0 Å². The first kappa shape index (κ1) is 15.0. The largest absolute Gasteiger partial charge is 0.433 e. The van der Waals surface area contributed by atoms with Gasteiger partial charge in [-0.1, -0.05) is 12.2 Å². The second-order valence-corrected chi connectivity index (χ2v) is 4.82. The molecule has 2 heterocycles. The van der Waals surface area contributed by atoms with Crippen LogP contribution in [0.2, 0.25) is 0 Å². The van der Waals surface area contributed by atoms with E-state index in [4.69, 9.17) is 22.7 Å². The second kappa shape index (κ2) is 5.92. The molecule has 0 spiro atoms. The maximum absolute atomic E-state index is 12.8. The molecule has 1 fully saturated rings. The molecule has 8 heteroatoms. The Morgan fingerprint density at radius 3 is 2.70 bits per heavy atom. The highest BCUT2D eigenvalue weighted by atomic mass is 32.1. The number of pyridine rings is 1. The summed E-state index contributed by atoms with van der Waals surface area (Å²) in [6.45, 7) is 2.04. The van der Waals surface area contributed by atoms with Crippen LogP contribution >= 0.6 is 12.2 Å². The van der Waals surface area contributed by atoms with E-state index in [0.29, 0.717) is 38.3 Å². The molecule has 1 aromatic heterocycles. The summed E-state index contributed by atoms with van der Waals surface area (Å²) in [6.07, 6.45) is -3.78. The van der Waals surface area contributed by atoms with E-state index in [2.05, 4.69) is 4.98 Å². The minimum absolute atomic E-state index is 0.0337. The topological polar surface area (TPSA) is 51.4 Å². The molecule has 2 rings (SSSR count). The van der Waals surface area contributed by atoms with Crippen LogP contribution in [0, 0.1) is 0 Å². The predicted molar refractivity (Wildman–Crippen MR) is 72.8 cm³/mol. The van der Waals surface area contributed by atoms with Crippen molar-refractivity contribution in [3.8, 4) is 0 Å². The van der Waals surface area contributed by atoms with Crippen LogP contribution in [0.4, 0.5) is 19.0 Å². The summed E-state index contributed by atoms with van der Waals surface area (Å²) in [5.41, 5.74) is 4.98. The number of hydrogen-bond donors (Lipinski definition) is 1. The first-order valence-electron chi connectivity index (χ1n) is 6.10. The highest BCUT2D eigenvalue weighted by molar-refractivity contribution is 7.80. The number of anilines is 1. The summed E-state index contributed by atoms with van der Waals surface area (Å²) < 4.78 is 43.6. The molecule has 0 radical (unpaired) electrons. The van der Waals surface area contributed by atoms with Gasteiger partial charge in [0.2, 0.25) is 0 Å². The molecule has 0 atom stereocenters. The molecule has 1 aliphatic rings. The molecule has 1 saturated heterocycles. The Kier molecular flexibility index (Phi) is 4.44. The van der Waals surface area contributed by atoms with Gasteiger partial charge in [0, 0.05) is 19.7 Å². The van der Waals surface area contributed by atoms with E-state index >= 15 is 0 Å². The van der Waals surface area contributed by atoms with E-state index in [9.17, 15) is 13.2 Å². The zero-order chi connectivity index (χ0) is 14.8. The molecule has 0 amide bonds. The number of hydrogen-bond acceptors (Lipinski definition) is 4. The van der Waals surface area contributed by atoms with Crippen LogP contribution in [-0.4, -0.2) is 36.3 Å². The van der Waals surface area contributed by atoms with Gasteiger partial charge < -0.3 is 15.4 Å².